The highest BCUT2D eigenvalue weighted by molar-refractivity contribution is 7.60. The molecule has 0 bridgehead atoms. The van der Waals surface area contributed by atoms with Gasteiger partial charge >= 0.3 is 23.9 Å². The zero-order valence-corrected chi connectivity index (χ0v) is 8.30. The minimum Gasteiger partial charge on any atom is -0.567 e. The number of phosphoric acid groups is 2. The van der Waals surface area contributed by atoms with Gasteiger partial charge in [0, 0.05) is 0 Å². The van der Waals surface area contributed by atoms with Crippen LogP contribution in [-0.2, 0) is 18.0 Å². The van der Waals surface area contributed by atoms with Crippen molar-refractivity contribution in [2.45, 2.75) is 0 Å². The van der Waals surface area contributed by atoms with E-state index < -0.39 is 23.9 Å². The fourth-order valence-electron chi connectivity index (χ4n) is 0.139. The molecule has 0 aliphatic carbocycles. The summed E-state index contributed by atoms with van der Waals surface area (Å²) in [5.41, 5.74) is 0. The van der Waals surface area contributed by atoms with Crippen LogP contribution in [0.4, 0.5) is 0 Å². The van der Waals surface area contributed by atoms with Crippen LogP contribution in [0.3, 0.4) is 0 Å². The first-order valence-corrected chi connectivity index (χ1v) is 6.29. The van der Waals surface area contributed by atoms with Crippen LogP contribution in [0.5, 0.6) is 0 Å². The van der Waals surface area contributed by atoms with Gasteiger partial charge in [0.05, 0.1) is 0 Å². The van der Waals surface area contributed by atoms with E-state index in [4.69, 9.17) is 33.9 Å². The Kier molecular flexibility index (Phi) is 7.14. The molecule has 0 radical (unpaired) electrons. The van der Waals surface area contributed by atoms with E-state index in [-0.39, 0.29) is 0 Å². The molecule has 1 unspecified atom stereocenters. The maximum atomic E-state index is 9.63. The van der Waals surface area contributed by atoms with Gasteiger partial charge in [-0.05, 0) is 4.57 Å². The molecule has 0 aromatic carbocycles. The van der Waals surface area contributed by atoms with Crippen LogP contribution < -0.4 is 4.89 Å². The molecule has 10 nitrogen and oxygen atoms in total. The molecule has 13 heavy (non-hydrogen) atoms. The third-order valence-electron chi connectivity index (χ3n) is 0.213. The Morgan fingerprint density at radius 1 is 1.08 bits per heavy atom. The maximum Gasteiger partial charge on any atom is 0.485 e. The molecule has 1 atom stereocenters. The molecular weight excluding hydrogens is 253 g/mol. The van der Waals surface area contributed by atoms with Crippen molar-refractivity contribution in [3.8, 4) is 0 Å². The molecule has 0 spiro atoms. The highest BCUT2D eigenvalue weighted by Gasteiger charge is 2.27. The van der Waals surface area contributed by atoms with Gasteiger partial charge in [0.15, 0.2) is 0 Å². The molecule has 0 saturated heterocycles. The molecule has 0 fully saturated rings. The molecule has 0 aromatic rings. The predicted octanol–water partition coefficient (Wildman–Crippen LogP) is -1.82. The largest absolute Gasteiger partial charge is 0.567 e. The van der Waals surface area contributed by atoms with Crippen molar-refractivity contribution in [3.05, 3.63) is 0 Å². The van der Waals surface area contributed by atoms with E-state index in [0.29, 0.717) is 0 Å². The summed E-state index contributed by atoms with van der Waals surface area (Å²) in [4.78, 5) is 46.6. The Labute approximate surface area is 72.2 Å². The Hall–Kier alpha value is 0.280. The molecule has 80 valence electrons. The average molecular weight is 258 g/mol. The third-order valence-corrected chi connectivity index (χ3v) is 1.91. The minimum absolute atomic E-state index is 2.96. The van der Waals surface area contributed by atoms with Crippen LogP contribution in [0.25, 0.3) is 0 Å². The van der Waals surface area contributed by atoms with E-state index in [1.54, 1.807) is 0 Å². The van der Waals surface area contributed by atoms with Gasteiger partial charge < -0.3 is 24.5 Å². The zero-order chi connectivity index (χ0) is 11.3. The Bertz CT molecular complexity index is 215. The van der Waals surface area contributed by atoms with Gasteiger partial charge in [-0.1, -0.05) is 0 Å². The number of hydrogen-bond acceptors (Lipinski definition) is 5. The van der Waals surface area contributed by atoms with Gasteiger partial charge in [0.2, 0.25) is 0 Å². The van der Waals surface area contributed by atoms with Crippen molar-refractivity contribution >= 4 is 23.9 Å². The average Bonchev–Trinajstić information content (AvgIpc) is 1.47. The normalized spacial score (nSPS) is 12.9. The Balaban J connectivity index is 0. The first kappa shape index (κ1) is 15.7. The van der Waals surface area contributed by atoms with Crippen LogP contribution >= 0.6 is 23.9 Å². The summed E-state index contributed by atoms with van der Waals surface area (Å²) in [5, 5.41) is 0. The van der Waals surface area contributed by atoms with E-state index in [1.165, 1.54) is 0 Å². The first-order chi connectivity index (χ1) is 5.44. The standard InChI is InChI=1S/H4O7P2.HO3P/c1-8(2,3)7-9(4,5)6;1-4(2)3/h(H2,1,2,3)(H2,4,5,6);(H,1,2,3). The lowest BCUT2D eigenvalue weighted by Crippen LogP contribution is -1.84. The lowest BCUT2D eigenvalue weighted by atomic mass is 15.7. The molecule has 13 heteroatoms. The molecule has 0 aliphatic heterocycles. The minimum atomic E-state index is -5.05. The molecule has 0 aliphatic rings. The quantitative estimate of drug-likeness (QED) is 0.353. The summed E-state index contributed by atoms with van der Waals surface area (Å²) >= 11 is 0. The molecule has 0 heterocycles. The summed E-state index contributed by atoms with van der Waals surface area (Å²) in [7, 11) is -13.2. The van der Waals surface area contributed by atoms with Crippen LogP contribution in [0.15, 0.2) is 0 Å². The lowest BCUT2D eigenvalue weighted by molar-refractivity contribution is -0.180. The summed E-state index contributed by atoms with van der Waals surface area (Å²) in [5.74, 6) is 0. The SMILES string of the molecule is O=P(O)(O)OP(=O)(O)O.O=[P+]([O-])O. The Morgan fingerprint density at radius 2 is 1.23 bits per heavy atom. The van der Waals surface area contributed by atoms with Gasteiger partial charge in [0.25, 0.3) is 0 Å². The van der Waals surface area contributed by atoms with Crippen molar-refractivity contribution < 1.29 is 47.4 Å². The second kappa shape index (κ2) is 5.90. The molecule has 0 aromatic heterocycles. The van der Waals surface area contributed by atoms with Crippen LogP contribution in [-0.4, -0.2) is 24.5 Å². The van der Waals surface area contributed by atoms with Gasteiger partial charge in [0.1, 0.15) is 0 Å². The zero-order valence-electron chi connectivity index (χ0n) is 5.62. The van der Waals surface area contributed by atoms with E-state index in [0.717, 1.165) is 0 Å². The van der Waals surface area contributed by atoms with E-state index in [9.17, 15) is 9.13 Å². The third kappa shape index (κ3) is 32.9. The number of rotatable bonds is 2. The first-order valence-electron chi connectivity index (χ1n) is 2.10. The topological polar surface area (TPSA) is 185 Å². The van der Waals surface area contributed by atoms with Gasteiger partial charge in [-0.15, -0.1) is 0 Å². The second-order valence-corrected chi connectivity index (χ2v) is 4.39. The Morgan fingerprint density at radius 3 is 1.23 bits per heavy atom. The predicted molar refractivity (Wildman–Crippen MR) is 35.0 cm³/mol. The molecule has 0 rings (SSSR count). The van der Waals surface area contributed by atoms with Gasteiger partial charge in [-0.25, -0.2) is 9.13 Å². The van der Waals surface area contributed by atoms with Crippen molar-refractivity contribution in [1.29, 1.82) is 0 Å². The van der Waals surface area contributed by atoms with Gasteiger partial charge in [-0.2, -0.15) is 9.20 Å². The van der Waals surface area contributed by atoms with Crippen LogP contribution in [0.2, 0.25) is 0 Å². The van der Waals surface area contributed by atoms with Crippen molar-refractivity contribution in [2.24, 2.45) is 0 Å². The summed E-state index contributed by atoms with van der Waals surface area (Å²) in [6.07, 6.45) is 0. The molecule has 0 saturated carbocycles. The van der Waals surface area contributed by atoms with E-state index in [2.05, 4.69) is 4.31 Å². The van der Waals surface area contributed by atoms with Crippen molar-refractivity contribution in [3.63, 3.8) is 0 Å². The highest BCUT2D eigenvalue weighted by atomic mass is 31.3. The summed E-state index contributed by atoms with van der Waals surface area (Å²) < 4.78 is 30.8. The lowest BCUT2D eigenvalue weighted by Gasteiger charge is -2.03. The van der Waals surface area contributed by atoms with Crippen molar-refractivity contribution in [1.82, 2.24) is 0 Å². The van der Waals surface area contributed by atoms with Crippen LogP contribution in [0, 0.1) is 0 Å². The second-order valence-electron chi connectivity index (χ2n) is 1.30. The van der Waals surface area contributed by atoms with Crippen molar-refractivity contribution in [2.75, 3.05) is 0 Å². The number of hydrogen-bond donors (Lipinski definition) is 5. The van der Waals surface area contributed by atoms with Gasteiger partial charge in [-0.3, -0.25) is 0 Å². The fourth-order valence-corrected chi connectivity index (χ4v) is 1.25. The molecule has 0 amide bonds. The molecule has 5 N–H and O–H groups in total. The van der Waals surface area contributed by atoms with Crippen LogP contribution in [0.1, 0.15) is 0 Å². The smallest absolute Gasteiger partial charge is 0.485 e. The summed E-state index contributed by atoms with van der Waals surface area (Å²) in [6, 6.07) is 0. The van der Waals surface area contributed by atoms with E-state index in [1.807, 2.05) is 0 Å². The molecular formula is H5O10P3. The fraction of sp³-hybridized carbons (Fsp3) is 0. The maximum absolute atomic E-state index is 9.63. The van der Waals surface area contributed by atoms with E-state index >= 15 is 0 Å². The monoisotopic (exact) mass is 258 g/mol. The highest BCUT2D eigenvalue weighted by Crippen LogP contribution is 2.53. The summed E-state index contributed by atoms with van der Waals surface area (Å²) in [6.45, 7) is 0.